The molecular formula is C11H12N4O2S. The number of aliphatic imine (C=N–C) groups is 1. The second kappa shape index (κ2) is 5.09. The largest absolute Gasteiger partial charge is 0.276 e. The molecule has 1 heterocycles. The number of nitrogens with zero attached hydrogens (tertiary/aromatic N) is 3. The molecule has 7 heteroatoms. The molecule has 18 heavy (non-hydrogen) atoms. The summed E-state index contributed by atoms with van der Waals surface area (Å²) < 4.78 is 0. The molecule has 0 fully saturated rings. The molecule has 1 N–H and O–H groups in total. The Morgan fingerprint density at radius 2 is 2.00 bits per heavy atom. The predicted molar refractivity (Wildman–Crippen MR) is 69.5 cm³/mol. The van der Waals surface area contributed by atoms with Crippen molar-refractivity contribution >= 4 is 30.8 Å². The highest BCUT2D eigenvalue weighted by molar-refractivity contribution is 7.80. The molecule has 0 spiro atoms. The lowest BCUT2D eigenvalue weighted by molar-refractivity contribution is -0.125. The summed E-state index contributed by atoms with van der Waals surface area (Å²) in [5.41, 5.74) is 2.32. The van der Waals surface area contributed by atoms with Gasteiger partial charge in [0, 0.05) is 12.5 Å². The van der Waals surface area contributed by atoms with Crippen LogP contribution in [0.5, 0.6) is 0 Å². The fraction of sp³-hybridized carbons (Fsp3) is 0.182. The van der Waals surface area contributed by atoms with E-state index in [0.29, 0.717) is 5.56 Å². The van der Waals surface area contributed by atoms with Gasteiger partial charge in [0.05, 0.1) is 0 Å². The molecule has 1 unspecified atom stereocenters. The number of amides is 2. The van der Waals surface area contributed by atoms with Crippen LogP contribution >= 0.6 is 12.6 Å². The number of hydrazine groups is 2. The van der Waals surface area contributed by atoms with Gasteiger partial charge in [-0.2, -0.15) is 10.1 Å². The summed E-state index contributed by atoms with van der Waals surface area (Å²) in [7, 11) is 0. The Balaban J connectivity index is 2.20. The summed E-state index contributed by atoms with van der Waals surface area (Å²) in [5.74, 6) is -0.586. The molecule has 2 rings (SSSR count). The number of rotatable bonds is 2. The SMILES string of the molecule is CC(=O)NN1C=NC(S)N1C(=O)c1ccccc1. The number of benzene rings is 1. The van der Waals surface area contributed by atoms with Gasteiger partial charge in [0.2, 0.25) is 5.91 Å². The van der Waals surface area contributed by atoms with Crippen LogP contribution in [0.4, 0.5) is 0 Å². The van der Waals surface area contributed by atoms with E-state index in [2.05, 4.69) is 23.0 Å². The topological polar surface area (TPSA) is 65.0 Å². The molecule has 2 amide bonds. The second-order valence-corrected chi connectivity index (χ2v) is 4.10. The Morgan fingerprint density at radius 1 is 1.33 bits per heavy atom. The fourth-order valence-corrected chi connectivity index (χ4v) is 1.79. The number of carbonyl (C=O) groups is 2. The van der Waals surface area contributed by atoms with Gasteiger partial charge in [-0.25, -0.2) is 10.4 Å². The van der Waals surface area contributed by atoms with Crippen LogP contribution < -0.4 is 5.43 Å². The van der Waals surface area contributed by atoms with E-state index in [0.717, 1.165) is 0 Å². The Kier molecular flexibility index (Phi) is 3.52. The van der Waals surface area contributed by atoms with Crippen LogP contribution in [0.3, 0.4) is 0 Å². The molecule has 94 valence electrons. The molecule has 1 aliphatic heterocycles. The zero-order chi connectivity index (χ0) is 13.1. The summed E-state index contributed by atoms with van der Waals surface area (Å²) in [6.07, 6.45) is 1.35. The van der Waals surface area contributed by atoms with E-state index in [1.54, 1.807) is 24.3 Å². The Hall–Kier alpha value is -2.02. The standard InChI is InChI=1S/C11H12N4O2S/c1-8(16)13-14-7-12-11(18)15(14)10(17)9-5-3-2-4-6-9/h2-7,11,18H,1H3,(H,13,16). The molecule has 1 aromatic rings. The Morgan fingerprint density at radius 3 is 2.61 bits per heavy atom. The van der Waals surface area contributed by atoms with Gasteiger partial charge in [-0.05, 0) is 12.1 Å². The molecule has 1 aromatic carbocycles. The van der Waals surface area contributed by atoms with Gasteiger partial charge in [0.25, 0.3) is 5.91 Å². The monoisotopic (exact) mass is 264 g/mol. The van der Waals surface area contributed by atoms with Crippen molar-refractivity contribution < 1.29 is 9.59 Å². The number of thiol groups is 1. The molecule has 0 saturated carbocycles. The molecule has 0 saturated heterocycles. The predicted octanol–water partition coefficient (Wildman–Crippen LogP) is 0.652. The van der Waals surface area contributed by atoms with Gasteiger partial charge >= 0.3 is 0 Å². The maximum atomic E-state index is 12.3. The minimum atomic E-state index is -0.649. The molecule has 0 aliphatic carbocycles. The molecule has 1 atom stereocenters. The van der Waals surface area contributed by atoms with Gasteiger partial charge in [-0.1, -0.05) is 18.2 Å². The molecule has 0 bridgehead atoms. The van der Waals surface area contributed by atoms with E-state index < -0.39 is 5.50 Å². The first-order valence-corrected chi connectivity index (χ1v) is 5.77. The van der Waals surface area contributed by atoms with Crippen LogP contribution in [0.1, 0.15) is 17.3 Å². The van der Waals surface area contributed by atoms with Gasteiger partial charge in [0.1, 0.15) is 6.34 Å². The quantitative estimate of drug-likeness (QED) is 0.771. The maximum absolute atomic E-state index is 12.3. The Labute approximate surface area is 110 Å². The summed E-state index contributed by atoms with van der Waals surface area (Å²) in [4.78, 5) is 27.2. The van der Waals surface area contributed by atoms with Crippen LogP contribution in [0.25, 0.3) is 0 Å². The van der Waals surface area contributed by atoms with E-state index in [1.165, 1.54) is 23.4 Å². The Bertz CT molecular complexity index is 491. The number of carbonyl (C=O) groups excluding carboxylic acids is 2. The van der Waals surface area contributed by atoms with Crippen molar-refractivity contribution in [2.24, 2.45) is 4.99 Å². The van der Waals surface area contributed by atoms with Crippen LogP contribution in [0.15, 0.2) is 35.3 Å². The third-order valence-corrected chi connectivity index (χ3v) is 2.61. The lowest BCUT2D eigenvalue weighted by Crippen LogP contribution is -2.53. The van der Waals surface area contributed by atoms with E-state index >= 15 is 0 Å². The first kappa shape index (κ1) is 12.4. The third-order valence-electron chi connectivity index (χ3n) is 2.26. The van der Waals surface area contributed by atoms with E-state index in [-0.39, 0.29) is 11.8 Å². The van der Waals surface area contributed by atoms with Crippen LogP contribution in [0, 0.1) is 0 Å². The smallest absolute Gasteiger partial charge is 0.274 e. The first-order chi connectivity index (χ1) is 8.59. The molecule has 0 aromatic heterocycles. The molecule has 6 nitrogen and oxygen atoms in total. The normalized spacial score (nSPS) is 18.0. The van der Waals surface area contributed by atoms with Crippen molar-refractivity contribution in [2.75, 3.05) is 0 Å². The second-order valence-electron chi connectivity index (χ2n) is 3.64. The first-order valence-electron chi connectivity index (χ1n) is 5.26. The molecular weight excluding hydrogens is 252 g/mol. The average Bonchev–Trinajstić information content (AvgIpc) is 2.70. The minimum absolute atomic E-state index is 0.290. The zero-order valence-corrected chi connectivity index (χ0v) is 10.5. The summed E-state index contributed by atoms with van der Waals surface area (Å²) in [6, 6.07) is 8.72. The van der Waals surface area contributed by atoms with E-state index in [1.807, 2.05) is 6.07 Å². The van der Waals surface area contributed by atoms with Crippen molar-refractivity contribution in [3.8, 4) is 0 Å². The highest BCUT2D eigenvalue weighted by Crippen LogP contribution is 2.17. The van der Waals surface area contributed by atoms with Crippen LogP contribution in [-0.4, -0.2) is 33.8 Å². The van der Waals surface area contributed by atoms with Crippen LogP contribution in [-0.2, 0) is 4.79 Å². The summed E-state index contributed by atoms with van der Waals surface area (Å²) in [6.45, 7) is 1.35. The third kappa shape index (κ3) is 2.45. The fourth-order valence-electron chi connectivity index (χ4n) is 1.51. The van der Waals surface area contributed by atoms with Crippen molar-refractivity contribution in [3.63, 3.8) is 0 Å². The lowest BCUT2D eigenvalue weighted by atomic mass is 10.2. The van der Waals surface area contributed by atoms with Crippen molar-refractivity contribution in [2.45, 2.75) is 12.4 Å². The van der Waals surface area contributed by atoms with E-state index in [9.17, 15) is 9.59 Å². The zero-order valence-electron chi connectivity index (χ0n) is 9.65. The maximum Gasteiger partial charge on any atom is 0.276 e. The number of hydrogen-bond donors (Lipinski definition) is 2. The molecule has 1 aliphatic rings. The number of nitrogens with one attached hydrogen (secondary N) is 1. The minimum Gasteiger partial charge on any atom is -0.274 e. The highest BCUT2D eigenvalue weighted by atomic mass is 32.1. The van der Waals surface area contributed by atoms with Crippen LogP contribution in [0.2, 0.25) is 0 Å². The van der Waals surface area contributed by atoms with Gasteiger partial charge in [-0.15, -0.1) is 12.6 Å². The molecule has 0 radical (unpaired) electrons. The van der Waals surface area contributed by atoms with Gasteiger partial charge < -0.3 is 0 Å². The number of hydrogen-bond acceptors (Lipinski definition) is 5. The summed E-state index contributed by atoms with van der Waals surface area (Å²) >= 11 is 4.17. The van der Waals surface area contributed by atoms with Gasteiger partial charge in [-0.3, -0.25) is 9.59 Å². The lowest BCUT2D eigenvalue weighted by Gasteiger charge is -2.29. The summed E-state index contributed by atoms with van der Waals surface area (Å²) in [5, 5.41) is 2.48. The van der Waals surface area contributed by atoms with Crippen molar-refractivity contribution in [3.05, 3.63) is 35.9 Å². The van der Waals surface area contributed by atoms with E-state index in [4.69, 9.17) is 0 Å². The van der Waals surface area contributed by atoms with Crippen molar-refractivity contribution in [1.29, 1.82) is 0 Å². The van der Waals surface area contributed by atoms with Gasteiger partial charge in [0.15, 0.2) is 5.50 Å². The highest BCUT2D eigenvalue weighted by Gasteiger charge is 2.31. The van der Waals surface area contributed by atoms with Crippen molar-refractivity contribution in [1.82, 2.24) is 15.6 Å². The average molecular weight is 264 g/mol.